The summed E-state index contributed by atoms with van der Waals surface area (Å²) in [5.74, 6) is -1.47. The van der Waals surface area contributed by atoms with Crippen molar-refractivity contribution in [1.29, 1.82) is 0 Å². The molecule has 0 amide bonds. The highest BCUT2D eigenvalue weighted by molar-refractivity contribution is 7.85. The smallest absolute Gasteiger partial charge is 0.305 e. The monoisotopic (exact) mass is 526 g/mol. The SMILES string of the molecule is CCCC/C=C/CCCCCCCC(=O)OCC(O)CO[C@H]1O[C@H](CS(=O)(=O)O)[C@@H](O)[C@H](O)[C@H]1O. The molecule has 1 heterocycles. The zero-order valence-electron chi connectivity index (χ0n) is 20.4. The van der Waals surface area contributed by atoms with Crippen LogP contribution in [-0.2, 0) is 29.1 Å². The van der Waals surface area contributed by atoms with E-state index < -0.39 is 65.3 Å². The van der Waals surface area contributed by atoms with Crippen molar-refractivity contribution in [2.75, 3.05) is 19.0 Å². The van der Waals surface area contributed by atoms with Crippen LogP contribution in [0.15, 0.2) is 12.2 Å². The van der Waals surface area contributed by atoms with Gasteiger partial charge in [0.1, 0.15) is 42.9 Å². The lowest BCUT2D eigenvalue weighted by atomic mass is 10.00. The maximum atomic E-state index is 11.8. The third-order valence-corrected chi connectivity index (χ3v) is 6.33. The Bertz CT molecular complexity index is 712. The molecule has 0 aliphatic carbocycles. The van der Waals surface area contributed by atoms with Gasteiger partial charge in [0.2, 0.25) is 0 Å². The Morgan fingerprint density at radius 3 is 2.23 bits per heavy atom. The van der Waals surface area contributed by atoms with Crippen molar-refractivity contribution >= 4 is 16.1 Å². The van der Waals surface area contributed by atoms with Crippen molar-refractivity contribution in [2.24, 2.45) is 0 Å². The van der Waals surface area contributed by atoms with E-state index in [9.17, 15) is 33.6 Å². The number of carbonyl (C=O) groups excluding carboxylic acids is 1. The molecular weight excluding hydrogens is 484 g/mol. The first-order chi connectivity index (χ1) is 16.5. The van der Waals surface area contributed by atoms with Gasteiger partial charge in [-0.3, -0.25) is 9.35 Å². The molecule has 1 rings (SSSR count). The summed E-state index contributed by atoms with van der Waals surface area (Å²) >= 11 is 0. The largest absolute Gasteiger partial charge is 0.463 e. The lowest BCUT2D eigenvalue weighted by Gasteiger charge is -2.40. The number of esters is 1. The molecule has 1 saturated heterocycles. The summed E-state index contributed by atoms with van der Waals surface area (Å²) in [5, 5.41) is 39.6. The van der Waals surface area contributed by atoms with Gasteiger partial charge in [-0.15, -0.1) is 0 Å². The first-order valence-corrected chi connectivity index (χ1v) is 13.9. The third-order valence-electron chi connectivity index (χ3n) is 5.58. The number of rotatable bonds is 18. The quantitative estimate of drug-likeness (QED) is 0.0746. The average Bonchev–Trinajstić information content (AvgIpc) is 2.80. The summed E-state index contributed by atoms with van der Waals surface area (Å²) in [7, 11) is -4.53. The van der Waals surface area contributed by atoms with E-state index in [-0.39, 0.29) is 13.0 Å². The zero-order chi connectivity index (χ0) is 26.3. The molecule has 0 aromatic rings. The molecule has 0 saturated carbocycles. The van der Waals surface area contributed by atoms with Crippen LogP contribution in [0.25, 0.3) is 0 Å². The number of hydrogen-bond acceptors (Lipinski definition) is 10. The minimum Gasteiger partial charge on any atom is -0.463 e. The number of unbranched alkanes of at least 4 members (excludes halogenated alkanes) is 7. The van der Waals surface area contributed by atoms with E-state index in [2.05, 4.69) is 19.1 Å². The summed E-state index contributed by atoms with van der Waals surface area (Å²) < 4.78 is 46.3. The Morgan fingerprint density at radius 1 is 0.943 bits per heavy atom. The van der Waals surface area contributed by atoms with Crippen molar-refractivity contribution < 1.29 is 52.4 Å². The molecular formula is C23H42O11S. The van der Waals surface area contributed by atoms with Crippen LogP contribution in [0.5, 0.6) is 0 Å². The van der Waals surface area contributed by atoms with Crippen LogP contribution < -0.4 is 0 Å². The molecule has 1 unspecified atom stereocenters. The maximum absolute atomic E-state index is 11.8. The second-order valence-electron chi connectivity index (χ2n) is 8.85. The van der Waals surface area contributed by atoms with Crippen LogP contribution in [0.4, 0.5) is 0 Å². The van der Waals surface area contributed by atoms with E-state index in [0.29, 0.717) is 6.42 Å². The van der Waals surface area contributed by atoms with E-state index in [0.717, 1.165) is 38.5 Å². The highest BCUT2D eigenvalue weighted by Gasteiger charge is 2.45. The third kappa shape index (κ3) is 14.3. The molecule has 206 valence electrons. The lowest BCUT2D eigenvalue weighted by molar-refractivity contribution is -0.296. The van der Waals surface area contributed by atoms with Gasteiger partial charge in [-0.1, -0.05) is 51.2 Å². The molecule has 5 N–H and O–H groups in total. The number of carbonyl (C=O) groups is 1. The Balaban J connectivity index is 2.18. The van der Waals surface area contributed by atoms with E-state index in [1.54, 1.807) is 0 Å². The molecule has 35 heavy (non-hydrogen) atoms. The number of aliphatic hydroxyl groups is 4. The molecule has 6 atom stereocenters. The zero-order valence-corrected chi connectivity index (χ0v) is 21.2. The Kier molecular flexibility index (Phi) is 15.8. The second-order valence-corrected chi connectivity index (χ2v) is 10.4. The van der Waals surface area contributed by atoms with Crippen molar-refractivity contribution in [3.8, 4) is 0 Å². The minimum absolute atomic E-state index is 0.232. The average molecular weight is 527 g/mol. The normalized spacial score (nSPS) is 26.2. The molecule has 12 heteroatoms. The molecule has 0 spiro atoms. The first kappa shape index (κ1) is 31.9. The molecule has 1 fully saturated rings. The topological polar surface area (TPSA) is 180 Å². The van der Waals surface area contributed by atoms with E-state index in [1.807, 2.05) is 0 Å². The van der Waals surface area contributed by atoms with Crippen molar-refractivity contribution in [2.45, 2.75) is 108 Å². The highest BCUT2D eigenvalue weighted by atomic mass is 32.2. The Labute approximate surface area is 207 Å². The van der Waals surface area contributed by atoms with Gasteiger partial charge >= 0.3 is 5.97 Å². The van der Waals surface area contributed by atoms with Crippen LogP contribution in [0.2, 0.25) is 0 Å². The van der Waals surface area contributed by atoms with E-state index in [1.165, 1.54) is 12.8 Å². The fourth-order valence-corrected chi connectivity index (χ4v) is 4.23. The fraction of sp³-hybridized carbons (Fsp3) is 0.870. The van der Waals surface area contributed by atoms with Gasteiger partial charge in [0.15, 0.2) is 6.29 Å². The number of ether oxygens (including phenoxy) is 3. The van der Waals surface area contributed by atoms with E-state index in [4.69, 9.17) is 18.8 Å². The standard InChI is InChI=1S/C23H42O11S/c1-2-3-4-5-6-7-8-9-10-11-12-13-19(25)32-14-17(24)15-33-23-22(28)21(27)20(26)18(34-23)16-35(29,30)31/h5-6,17-18,20-24,26-28H,2-4,7-16H2,1H3,(H,29,30,31)/b6-5+/t17?,18-,20-,21+,22-,23+/m1/s1. The van der Waals surface area contributed by atoms with Gasteiger partial charge in [-0.25, -0.2) is 0 Å². The summed E-state index contributed by atoms with van der Waals surface area (Å²) in [4.78, 5) is 11.8. The lowest BCUT2D eigenvalue weighted by Crippen LogP contribution is -2.60. The predicted octanol–water partition coefficient (Wildman–Crippen LogP) is 1.08. The molecule has 0 aromatic heterocycles. The summed E-state index contributed by atoms with van der Waals surface area (Å²) in [6.07, 6.45) is 4.55. The van der Waals surface area contributed by atoms with Gasteiger partial charge < -0.3 is 34.6 Å². The summed E-state index contributed by atoms with van der Waals surface area (Å²) in [5.41, 5.74) is 0. The van der Waals surface area contributed by atoms with Gasteiger partial charge in [0.05, 0.1) is 6.61 Å². The highest BCUT2D eigenvalue weighted by Crippen LogP contribution is 2.23. The first-order valence-electron chi connectivity index (χ1n) is 12.3. The van der Waals surface area contributed by atoms with Crippen LogP contribution >= 0.6 is 0 Å². The van der Waals surface area contributed by atoms with Gasteiger partial charge in [-0.05, 0) is 25.7 Å². The Hall–Kier alpha value is -1.12. The molecule has 1 aliphatic heterocycles. The second kappa shape index (κ2) is 17.4. The minimum atomic E-state index is -4.53. The fourth-order valence-electron chi connectivity index (χ4n) is 3.53. The molecule has 0 radical (unpaired) electrons. The summed E-state index contributed by atoms with van der Waals surface area (Å²) in [6.45, 7) is 1.36. The molecule has 11 nitrogen and oxygen atoms in total. The van der Waals surface area contributed by atoms with Crippen molar-refractivity contribution in [1.82, 2.24) is 0 Å². The van der Waals surface area contributed by atoms with Crippen molar-refractivity contribution in [3.63, 3.8) is 0 Å². The van der Waals surface area contributed by atoms with E-state index >= 15 is 0 Å². The van der Waals surface area contributed by atoms with Crippen molar-refractivity contribution in [3.05, 3.63) is 12.2 Å². The van der Waals surface area contributed by atoms with Gasteiger partial charge in [-0.2, -0.15) is 8.42 Å². The number of hydrogen-bond donors (Lipinski definition) is 5. The van der Waals surface area contributed by atoms with Crippen LogP contribution in [-0.4, -0.2) is 95.1 Å². The molecule has 0 aromatic carbocycles. The molecule has 1 aliphatic rings. The Morgan fingerprint density at radius 2 is 1.57 bits per heavy atom. The predicted molar refractivity (Wildman–Crippen MR) is 127 cm³/mol. The number of aliphatic hydroxyl groups excluding tert-OH is 4. The van der Waals surface area contributed by atoms with Crippen LogP contribution in [0.3, 0.4) is 0 Å². The van der Waals surface area contributed by atoms with Crippen LogP contribution in [0, 0.1) is 0 Å². The van der Waals surface area contributed by atoms with Gasteiger partial charge in [0.25, 0.3) is 10.1 Å². The number of allylic oxidation sites excluding steroid dienone is 2. The molecule has 0 bridgehead atoms. The maximum Gasteiger partial charge on any atom is 0.305 e. The van der Waals surface area contributed by atoms with Gasteiger partial charge in [0, 0.05) is 6.42 Å². The van der Waals surface area contributed by atoms with Crippen LogP contribution in [0.1, 0.15) is 71.1 Å². The summed E-state index contributed by atoms with van der Waals surface area (Å²) in [6, 6.07) is 0.